The number of carbonyl (C=O) groups excluding carboxylic acids is 5. The summed E-state index contributed by atoms with van der Waals surface area (Å²) in [6.07, 6.45) is 1.66. The minimum Gasteiger partial charge on any atom is -0.497 e. The van der Waals surface area contributed by atoms with Crippen LogP contribution in [0.25, 0.3) is 0 Å². The summed E-state index contributed by atoms with van der Waals surface area (Å²) in [5.41, 5.74) is 0.723. The summed E-state index contributed by atoms with van der Waals surface area (Å²) in [6.45, 7) is 18.5. The number of esters is 1. The lowest BCUT2D eigenvalue weighted by Crippen LogP contribution is -2.59. The van der Waals surface area contributed by atoms with Crippen molar-refractivity contribution in [1.29, 1.82) is 0 Å². The number of hydrogen-bond acceptors (Lipinski definition) is 10. The van der Waals surface area contributed by atoms with Gasteiger partial charge in [0.15, 0.2) is 0 Å². The van der Waals surface area contributed by atoms with Crippen LogP contribution in [0.15, 0.2) is 40.9 Å². The topological polar surface area (TPSA) is 158 Å². The monoisotopic (exact) mass is 813 g/mol. The van der Waals surface area contributed by atoms with Gasteiger partial charge in [0.2, 0.25) is 23.6 Å². The average Bonchev–Trinajstić information content (AvgIpc) is 3.62. The van der Waals surface area contributed by atoms with Gasteiger partial charge < -0.3 is 34.6 Å². The molecule has 0 fully saturated rings. The van der Waals surface area contributed by atoms with Gasteiger partial charge in [0.1, 0.15) is 36.0 Å². The molecule has 0 spiro atoms. The molecule has 0 radical (unpaired) electrons. The molecular weight excluding hydrogens is 747 g/mol. The lowest BCUT2D eigenvalue weighted by atomic mass is 9.81. The number of hydrogen-bond donors (Lipinski definition) is 2. The van der Waals surface area contributed by atoms with Crippen molar-refractivity contribution in [1.82, 2.24) is 20.0 Å². The molecule has 57 heavy (non-hydrogen) atoms. The summed E-state index contributed by atoms with van der Waals surface area (Å²) in [4.78, 5) is 78.8. The van der Waals surface area contributed by atoms with Gasteiger partial charge in [-0.15, -0.1) is 11.8 Å². The van der Waals surface area contributed by atoms with Gasteiger partial charge >= 0.3 is 5.97 Å². The quantitative estimate of drug-likeness (QED) is 0.410. The molecule has 3 rings (SSSR count). The number of fused-ring (bicyclic) bond motifs is 1. The van der Waals surface area contributed by atoms with E-state index in [1.807, 2.05) is 60.6 Å². The summed E-state index contributed by atoms with van der Waals surface area (Å²) >= 11 is 1.55. The number of thioether (sulfide) groups is 1. The van der Waals surface area contributed by atoms with Crippen molar-refractivity contribution in [3.05, 3.63) is 41.5 Å². The lowest BCUT2D eigenvalue weighted by molar-refractivity contribution is -0.166. The fraction of sp³-hybridized carbons (Fsp3) is 0.674. The zero-order chi connectivity index (χ0) is 43.1. The highest BCUT2D eigenvalue weighted by Crippen LogP contribution is 2.33. The van der Waals surface area contributed by atoms with Gasteiger partial charge in [0.05, 0.1) is 24.3 Å². The van der Waals surface area contributed by atoms with Crippen molar-refractivity contribution in [3.8, 4) is 5.75 Å². The average molecular weight is 814 g/mol. The number of aliphatic hydroxyl groups is 1. The smallest absolute Gasteiger partial charge is 0.328 e. The van der Waals surface area contributed by atoms with E-state index in [9.17, 15) is 29.1 Å². The molecule has 318 valence electrons. The molecule has 2 heterocycles. The molecule has 1 unspecified atom stereocenters. The van der Waals surface area contributed by atoms with E-state index in [1.54, 1.807) is 57.9 Å². The molecule has 2 aliphatic heterocycles. The Kier molecular flexibility index (Phi) is 16.8. The summed E-state index contributed by atoms with van der Waals surface area (Å²) in [5.74, 6) is -1.81. The third kappa shape index (κ3) is 12.3. The molecule has 14 heteroatoms. The Balaban J connectivity index is 2.06. The second kappa shape index (κ2) is 20.2. The Bertz CT molecular complexity index is 1660. The number of nitrogens with one attached hydrogen (secondary N) is 1. The molecule has 9 atom stereocenters. The number of ether oxygens (including phenoxy) is 2. The van der Waals surface area contributed by atoms with Crippen LogP contribution in [0.4, 0.5) is 0 Å². The molecule has 13 nitrogen and oxygen atoms in total. The molecule has 1 aromatic carbocycles. The number of aliphatic imine (C=N–C) groups is 1. The van der Waals surface area contributed by atoms with E-state index in [-0.39, 0.29) is 30.2 Å². The maximum atomic E-state index is 14.3. The number of nitrogens with zero attached hydrogens (tertiary/aromatic N) is 4. The third-order valence-corrected chi connectivity index (χ3v) is 12.6. The van der Waals surface area contributed by atoms with Gasteiger partial charge in [0, 0.05) is 44.8 Å². The fourth-order valence-electron chi connectivity index (χ4n) is 7.13. The Morgan fingerprint density at radius 3 is 2.07 bits per heavy atom. The van der Waals surface area contributed by atoms with Gasteiger partial charge in [-0.2, -0.15) is 0 Å². The van der Waals surface area contributed by atoms with Crippen LogP contribution in [-0.4, -0.2) is 131 Å². The minimum absolute atomic E-state index is 0.0177. The molecule has 2 bridgehead atoms. The van der Waals surface area contributed by atoms with Crippen LogP contribution in [-0.2, 0) is 35.1 Å². The number of methoxy groups -OCH3 is 1. The maximum absolute atomic E-state index is 14.3. The van der Waals surface area contributed by atoms with Crippen LogP contribution in [0, 0.1) is 23.2 Å². The largest absolute Gasteiger partial charge is 0.497 e. The van der Waals surface area contributed by atoms with Gasteiger partial charge in [0.25, 0.3) is 0 Å². The highest BCUT2D eigenvalue weighted by atomic mass is 32.2. The second-order valence-corrected chi connectivity index (χ2v) is 18.4. The molecule has 0 aliphatic carbocycles. The predicted octanol–water partition coefficient (Wildman–Crippen LogP) is 4.74. The lowest BCUT2D eigenvalue weighted by Gasteiger charge is -2.38. The summed E-state index contributed by atoms with van der Waals surface area (Å²) in [7, 11) is 6.11. The summed E-state index contributed by atoms with van der Waals surface area (Å²) in [6, 6.07) is 2.90. The Hall–Kier alpha value is -3.91. The van der Waals surface area contributed by atoms with Crippen LogP contribution >= 0.6 is 11.8 Å². The van der Waals surface area contributed by atoms with Crippen molar-refractivity contribution >= 4 is 46.4 Å². The van der Waals surface area contributed by atoms with E-state index in [1.165, 1.54) is 35.8 Å². The Morgan fingerprint density at radius 1 is 0.912 bits per heavy atom. The predicted molar refractivity (Wildman–Crippen MR) is 225 cm³/mol. The molecule has 0 saturated carbocycles. The van der Waals surface area contributed by atoms with Crippen LogP contribution in [0.3, 0.4) is 0 Å². The van der Waals surface area contributed by atoms with Crippen molar-refractivity contribution in [2.75, 3.05) is 34.0 Å². The van der Waals surface area contributed by atoms with Crippen molar-refractivity contribution in [2.24, 2.45) is 28.2 Å². The molecular formula is C43H67N5O8S. The first-order valence-electron chi connectivity index (χ1n) is 20.0. The van der Waals surface area contributed by atoms with Crippen LogP contribution in [0.2, 0.25) is 0 Å². The first kappa shape index (κ1) is 47.5. The number of amides is 4. The van der Waals surface area contributed by atoms with Gasteiger partial charge in [-0.3, -0.25) is 24.2 Å². The first-order valence-corrected chi connectivity index (χ1v) is 21.0. The maximum Gasteiger partial charge on any atom is 0.328 e. The van der Waals surface area contributed by atoms with Gasteiger partial charge in [-0.1, -0.05) is 66.7 Å². The van der Waals surface area contributed by atoms with E-state index >= 15 is 0 Å². The number of carbonyl (C=O) groups is 5. The first-order chi connectivity index (χ1) is 26.5. The second-order valence-electron chi connectivity index (χ2n) is 17.4. The van der Waals surface area contributed by atoms with E-state index in [0.717, 1.165) is 10.6 Å². The van der Waals surface area contributed by atoms with Gasteiger partial charge in [-0.25, -0.2) is 4.79 Å². The molecule has 4 amide bonds. The van der Waals surface area contributed by atoms with Gasteiger partial charge in [-0.05, 0) is 68.6 Å². The number of rotatable bonds is 4. The molecule has 2 aliphatic rings. The third-order valence-electron chi connectivity index (χ3n) is 11.4. The Morgan fingerprint density at radius 2 is 1.51 bits per heavy atom. The fourth-order valence-corrected chi connectivity index (χ4v) is 8.27. The van der Waals surface area contributed by atoms with E-state index in [0.29, 0.717) is 29.9 Å². The van der Waals surface area contributed by atoms with Crippen LogP contribution < -0.4 is 10.1 Å². The van der Waals surface area contributed by atoms with Crippen LogP contribution in [0.1, 0.15) is 87.6 Å². The normalized spacial score (nSPS) is 30.0. The van der Waals surface area contributed by atoms with Crippen molar-refractivity contribution in [3.63, 3.8) is 0 Å². The number of aliphatic hydroxyl groups excluding tert-OH is 1. The van der Waals surface area contributed by atoms with Crippen LogP contribution in [0.5, 0.6) is 5.75 Å². The molecule has 0 saturated heterocycles. The summed E-state index contributed by atoms with van der Waals surface area (Å²) in [5, 5.41) is 15.1. The van der Waals surface area contributed by atoms with Crippen molar-refractivity contribution in [2.45, 2.75) is 131 Å². The van der Waals surface area contributed by atoms with Crippen molar-refractivity contribution < 1.29 is 38.6 Å². The highest BCUT2D eigenvalue weighted by Gasteiger charge is 2.40. The van der Waals surface area contributed by atoms with E-state index < -0.39 is 71.4 Å². The number of likely N-dealkylation sites (N-methyl/N-ethyl adjacent to an activating group) is 3. The zero-order valence-corrected chi connectivity index (χ0v) is 37.3. The van der Waals surface area contributed by atoms with E-state index in [4.69, 9.17) is 14.5 Å². The SMILES string of the molecule is COc1ccc(C[C@@H]2NC(=O)C(C)=CC3CSC(=N3)[C@@H](C)[C@@H](O)C[C@H](C)C[C@@H](C(C)(C)C)OC(=O)[C@H](C)N(C)C(=O)[C@H](C(C)C)N(C)C(=O)[C@H](C)N(C)C2=O)cc1. The Labute approximate surface area is 344 Å². The number of cyclic esters (lactones) is 1. The summed E-state index contributed by atoms with van der Waals surface area (Å²) < 4.78 is 11.4. The van der Waals surface area contributed by atoms with E-state index in [2.05, 4.69) is 5.32 Å². The molecule has 2 N–H and O–H groups in total. The minimum atomic E-state index is -1.04. The zero-order valence-electron chi connectivity index (χ0n) is 36.5. The molecule has 0 aromatic heterocycles. The standard InChI is InChI=1S/C43H67N5O8S/c1-24(2)36-41(53)47(12)29(7)42(54)56-35(43(8,9)10)20-25(3)19-34(49)27(5)38-44-31(23-57-38)21-26(4)37(50)45-33(22-30-15-17-32(55-14)18-16-30)40(52)46(11)28(6)39(51)48(36)13/h15-18,21,24-25,27-29,31,33-36,49H,19-20,22-23H2,1-14H3,(H,45,50)/t25-,27-,28-,29-,31?,33-,34-,35-,36-/m0/s1. The number of benzene rings is 1. The highest BCUT2D eigenvalue weighted by molar-refractivity contribution is 8.14. The molecule has 1 aromatic rings.